The SMILES string of the molecule is CCC(O)(CN)c1ccccc1OCCOC. The van der Waals surface area contributed by atoms with Crippen LogP contribution in [0.25, 0.3) is 0 Å². The zero-order valence-corrected chi connectivity index (χ0v) is 10.5. The Labute approximate surface area is 102 Å². The molecular weight excluding hydrogens is 218 g/mol. The monoisotopic (exact) mass is 239 g/mol. The van der Waals surface area contributed by atoms with Crippen molar-refractivity contribution in [1.29, 1.82) is 0 Å². The second-order valence-corrected chi connectivity index (χ2v) is 3.93. The second kappa shape index (κ2) is 6.59. The first-order valence-corrected chi connectivity index (χ1v) is 5.81. The van der Waals surface area contributed by atoms with E-state index in [1.165, 1.54) is 0 Å². The fourth-order valence-corrected chi connectivity index (χ4v) is 1.66. The lowest BCUT2D eigenvalue weighted by Gasteiger charge is -2.27. The number of hydrogen-bond acceptors (Lipinski definition) is 4. The summed E-state index contributed by atoms with van der Waals surface area (Å²) in [6.45, 7) is 3.05. The van der Waals surface area contributed by atoms with Crippen molar-refractivity contribution in [2.45, 2.75) is 18.9 Å². The molecule has 1 aromatic rings. The molecule has 1 unspecified atom stereocenters. The van der Waals surface area contributed by atoms with E-state index >= 15 is 0 Å². The fraction of sp³-hybridized carbons (Fsp3) is 0.538. The van der Waals surface area contributed by atoms with E-state index in [1.807, 2.05) is 31.2 Å². The van der Waals surface area contributed by atoms with Crippen molar-refractivity contribution in [3.8, 4) is 5.75 Å². The van der Waals surface area contributed by atoms with Crippen LogP contribution in [0.4, 0.5) is 0 Å². The number of ether oxygens (including phenoxy) is 2. The van der Waals surface area contributed by atoms with Gasteiger partial charge in [-0.2, -0.15) is 0 Å². The van der Waals surface area contributed by atoms with Crippen molar-refractivity contribution in [2.24, 2.45) is 5.73 Å². The van der Waals surface area contributed by atoms with Crippen LogP contribution in [0, 0.1) is 0 Å². The van der Waals surface area contributed by atoms with E-state index in [0.717, 1.165) is 5.56 Å². The van der Waals surface area contributed by atoms with Crippen LogP contribution in [0.3, 0.4) is 0 Å². The van der Waals surface area contributed by atoms with Crippen LogP contribution < -0.4 is 10.5 Å². The molecular formula is C13H21NO3. The maximum absolute atomic E-state index is 10.4. The molecule has 0 amide bonds. The fourth-order valence-electron chi connectivity index (χ4n) is 1.66. The van der Waals surface area contributed by atoms with Crippen LogP contribution in [-0.2, 0) is 10.3 Å². The molecule has 0 heterocycles. The van der Waals surface area contributed by atoms with Gasteiger partial charge in [0.2, 0.25) is 0 Å². The third-order valence-corrected chi connectivity index (χ3v) is 2.86. The molecule has 0 saturated heterocycles. The first-order chi connectivity index (χ1) is 8.18. The predicted molar refractivity (Wildman–Crippen MR) is 67.1 cm³/mol. The molecule has 0 aromatic heterocycles. The molecule has 1 rings (SSSR count). The summed E-state index contributed by atoms with van der Waals surface area (Å²) in [6.07, 6.45) is 0.550. The number of para-hydroxylation sites is 1. The zero-order chi connectivity index (χ0) is 12.7. The smallest absolute Gasteiger partial charge is 0.125 e. The number of nitrogens with two attached hydrogens (primary N) is 1. The van der Waals surface area contributed by atoms with Gasteiger partial charge in [-0.1, -0.05) is 25.1 Å². The molecule has 1 aromatic carbocycles. The van der Waals surface area contributed by atoms with E-state index in [1.54, 1.807) is 7.11 Å². The second-order valence-electron chi connectivity index (χ2n) is 3.93. The summed E-state index contributed by atoms with van der Waals surface area (Å²) in [5.41, 5.74) is 5.36. The van der Waals surface area contributed by atoms with Gasteiger partial charge in [-0.15, -0.1) is 0 Å². The van der Waals surface area contributed by atoms with Crippen LogP contribution in [0.1, 0.15) is 18.9 Å². The van der Waals surface area contributed by atoms with Gasteiger partial charge in [0.15, 0.2) is 0 Å². The summed E-state index contributed by atoms with van der Waals surface area (Å²) in [5, 5.41) is 10.4. The lowest BCUT2D eigenvalue weighted by Crippen LogP contribution is -2.34. The highest BCUT2D eigenvalue weighted by atomic mass is 16.5. The third kappa shape index (κ3) is 3.43. The minimum Gasteiger partial charge on any atom is -0.491 e. The number of methoxy groups -OCH3 is 1. The van der Waals surface area contributed by atoms with Gasteiger partial charge in [-0.3, -0.25) is 0 Å². The summed E-state index contributed by atoms with van der Waals surface area (Å²) < 4.78 is 10.5. The lowest BCUT2D eigenvalue weighted by atomic mass is 9.90. The topological polar surface area (TPSA) is 64.7 Å². The minimum absolute atomic E-state index is 0.175. The molecule has 96 valence electrons. The Balaban J connectivity index is 2.90. The molecule has 0 spiro atoms. The average molecular weight is 239 g/mol. The average Bonchev–Trinajstić information content (AvgIpc) is 2.39. The van der Waals surface area contributed by atoms with Crippen molar-refractivity contribution >= 4 is 0 Å². The highest BCUT2D eigenvalue weighted by molar-refractivity contribution is 5.38. The summed E-state index contributed by atoms with van der Waals surface area (Å²) in [6, 6.07) is 7.42. The van der Waals surface area contributed by atoms with E-state index in [-0.39, 0.29) is 6.54 Å². The van der Waals surface area contributed by atoms with E-state index in [9.17, 15) is 5.11 Å². The molecule has 0 aliphatic heterocycles. The van der Waals surface area contributed by atoms with E-state index in [2.05, 4.69) is 0 Å². The van der Waals surface area contributed by atoms with E-state index in [4.69, 9.17) is 15.2 Å². The Morgan fingerprint density at radius 3 is 2.59 bits per heavy atom. The Bertz CT molecular complexity index is 337. The Kier molecular flexibility index (Phi) is 5.41. The molecule has 4 heteroatoms. The number of rotatable bonds is 7. The first-order valence-electron chi connectivity index (χ1n) is 5.81. The maximum atomic E-state index is 10.4. The highest BCUT2D eigenvalue weighted by Crippen LogP contribution is 2.31. The molecule has 0 bridgehead atoms. The van der Waals surface area contributed by atoms with Crippen molar-refractivity contribution in [1.82, 2.24) is 0 Å². The predicted octanol–water partition coefficient (Wildman–Crippen LogP) is 1.27. The normalized spacial score (nSPS) is 14.4. The Morgan fingerprint density at radius 1 is 1.29 bits per heavy atom. The quantitative estimate of drug-likeness (QED) is 0.703. The van der Waals surface area contributed by atoms with Gasteiger partial charge in [0, 0.05) is 19.2 Å². The van der Waals surface area contributed by atoms with Gasteiger partial charge in [-0.05, 0) is 12.5 Å². The number of hydrogen-bond donors (Lipinski definition) is 2. The van der Waals surface area contributed by atoms with Crippen LogP contribution in [-0.4, -0.2) is 32.0 Å². The lowest BCUT2D eigenvalue weighted by molar-refractivity contribution is 0.0378. The van der Waals surface area contributed by atoms with Crippen molar-refractivity contribution in [3.63, 3.8) is 0 Å². The van der Waals surface area contributed by atoms with Crippen LogP contribution in [0.2, 0.25) is 0 Å². The summed E-state index contributed by atoms with van der Waals surface area (Å²) in [7, 11) is 1.62. The third-order valence-electron chi connectivity index (χ3n) is 2.86. The molecule has 3 N–H and O–H groups in total. The Hall–Kier alpha value is -1.10. The van der Waals surface area contributed by atoms with Crippen molar-refractivity contribution in [3.05, 3.63) is 29.8 Å². The van der Waals surface area contributed by atoms with Gasteiger partial charge in [0.05, 0.1) is 6.61 Å². The molecule has 0 saturated carbocycles. The number of benzene rings is 1. The van der Waals surface area contributed by atoms with Gasteiger partial charge >= 0.3 is 0 Å². The number of aliphatic hydroxyl groups is 1. The summed E-state index contributed by atoms with van der Waals surface area (Å²) >= 11 is 0. The van der Waals surface area contributed by atoms with Gasteiger partial charge in [0.1, 0.15) is 18.0 Å². The molecule has 0 aliphatic carbocycles. The van der Waals surface area contributed by atoms with E-state index in [0.29, 0.717) is 25.4 Å². The largest absolute Gasteiger partial charge is 0.491 e. The molecule has 1 atom stereocenters. The zero-order valence-electron chi connectivity index (χ0n) is 10.5. The summed E-state index contributed by atoms with van der Waals surface area (Å²) in [5.74, 6) is 0.666. The van der Waals surface area contributed by atoms with Gasteiger partial charge < -0.3 is 20.3 Å². The van der Waals surface area contributed by atoms with Crippen LogP contribution in [0.5, 0.6) is 5.75 Å². The van der Waals surface area contributed by atoms with Crippen molar-refractivity contribution in [2.75, 3.05) is 26.9 Å². The molecule has 4 nitrogen and oxygen atoms in total. The maximum Gasteiger partial charge on any atom is 0.125 e. The van der Waals surface area contributed by atoms with E-state index < -0.39 is 5.60 Å². The summed E-state index contributed by atoms with van der Waals surface area (Å²) in [4.78, 5) is 0. The minimum atomic E-state index is -1.02. The van der Waals surface area contributed by atoms with Gasteiger partial charge in [0.25, 0.3) is 0 Å². The molecule has 17 heavy (non-hydrogen) atoms. The van der Waals surface area contributed by atoms with Crippen LogP contribution >= 0.6 is 0 Å². The highest BCUT2D eigenvalue weighted by Gasteiger charge is 2.28. The Morgan fingerprint density at radius 2 is 2.00 bits per heavy atom. The molecule has 0 radical (unpaired) electrons. The van der Waals surface area contributed by atoms with Crippen LogP contribution in [0.15, 0.2) is 24.3 Å². The van der Waals surface area contributed by atoms with Gasteiger partial charge in [-0.25, -0.2) is 0 Å². The van der Waals surface area contributed by atoms with Crippen molar-refractivity contribution < 1.29 is 14.6 Å². The molecule has 0 aliphatic rings. The first kappa shape index (κ1) is 14.0. The molecule has 0 fully saturated rings. The standard InChI is InChI=1S/C13H21NO3/c1-3-13(15,10-14)11-6-4-5-7-12(11)17-9-8-16-2/h4-7,15H,3,8-10,14H2,1-2H3.